The van der Waals surface area contributed by atoms with Gasteiger partial charge in [0.2, 0.25) is 0 Å². The highest BCUT2D eigenvalue weighted by molar-refractivity contribution is 5.38. The highest BCUT2D eigenvalue weighted by Crippen LogP contribution is 2.18. The Bertz CT molecular complexity index is 321. The van der Waals surface area contributed by atoms with Crippen LogP contribution in [0.3, 0.4) is 0 Å². The minimum absolute atomic E-state index is 0.390. The Kier molecular flexibility index (Phi) is 2.44. The van der Waals surface area contributed by atoms with Crippen LogP contribution < -0.4 is 0 Å². The fourth-order valence-electron chi connectivity index (χ4n) is 1.15. The number of aromatic nitrogens is 1. The SMILES string of the molecule is Cc1cc(C(C)C)c(C#N)cn1. The number of rotatable bonds is 1. The van der Waals surface area contributed by atoms with Gasteiger partial charge < -0.3 is 0 Å². The molecule has 0 aliphatic rings. The van der Waals surface area contributed by atoms with Crippen LogP contribution in [0.1, 0.15) is 36.6 Å². The van der Waals surface area contributed by atoms with Crippen molar-refractivity contribution in [3.63, 3.8) is 0 Å². The number of hydrogen-bond donors (Lipinski definition) is 0. The lowest BCUT2D eigenvalue weighted by Gasteiger charge is -2.07. The molecule has 0 amide bonds. The van der Waals surface area contributed by atoms with E-state index in [4.69, 9.17) is 5.26 Å². The van der Waals surface area contributed by atoms with Crippen LogP contribution in [0.15, 0.2) is 12.3 Å². The van der Waals surface area contributed by atoms with Crippen LogP contribution in [0.2, 0.25) is 0 Å². The highest BCUT2D eigenvalue weighted by atomic mass is 14.7. The molecule has 1 rings (SSSR count). The van der Waals surface area contributed by atoms with Crippen molar-refractivity contribution in [3.8, 4) is 6.07 Å². The summed E-state index contributed by atoms with van der Waals surface area (Å²) in [5, 5.41) is 8.77. The smallest absolute Gasteiger partial charge is 0.101 e. The van der Waals surface area contributed by atoms with E-state index in [1.54, 1.807) is 6.20 Å². The quantitative estimate of drug-likeness (QED) is 0.632. The molecule has 0 aliphatic heterocycles. The zero-order valence-corrected chi connectivity index (χ0v) is 7.63. The lowest BCUT2D eigenvalue weighted by molar-refractivity contribution is 0.854. The molecular weight excluding hydrogens is 148 g/mol. The Labute approximate surface area is 72.9 Å². The van der Waals surface area contributed by atoms with Crippen molar-refractivity contribution in [2.45, 2.75) is 26.7 Å². The molecule has 12 heavy (non-hydrogen) atoms. The molecule has 0 radical (unpaired) electrons. The molecule has 0 fully saturated rings. The van der Waals surface area contributed by atoms with Crippen LogP contribution in [0.4, 0.5) is 0 Å². The summed E-state index contributed by atoms with van der Waals surface area (Å²) in [4.78, 5) is 4.07. The van der Waals surface area contributed by atoms with Gasteiger partial charge in [-0.2, -0.15) is 5.26 Å². The summed E-state index contributed by atoms with van der Waals surface area (Å²) in [6, 6.07) is 4.12. The maximum atomic E-state index is 8.77. The van der Waals surface area contributed by atoms with E-state index in [1.165, 1.54) is 0 Å². The minimum Gasteiger partial charge on any atom is -0.260 e. The van der Waals surface area contributed by atoms with Crippen molar-refractivity contribution in [2.75, 3.05) is 0 Å². The van der Waals surface area contributed by atoms with Crippen molar-refractivity contribution in [1.29, 1.82) is 5.26 Å². The molecule has 0 unspecified atom stereocenters. The molecule has 0 saturated carbocycles. The van der Waals surface area contributed by atoms with E-state index in [-0.39, 0.29) is 0 Å². The standard InChI is InChI=1S/C10H12N2/c1-7(2)10-4-8(3)12-6-9(10)5-11/h4,6-7H,1-3H3. The van der Waals surface area contributed by atoms with E-state index in [1.807, 2.05) is 13.0 Å². The number of pyridine rings is 1. The Morgan fingerprint density at radius 3 is 2.67 bits per heavy atom. The molecule has 2 nitrogen and oxygen atoms in total. The van der Waals surface area contributed by atoms with E-state index in [9.17, 15) is 0 Å². The lowest BCUT2D eigenvalue weighted by Crippen LogP contribution is -1.95. The van der Waals surface area contributed by atoms with E-state index in [2.05, 4.69) is 24.9 Å². The van der Waals surface area contributed by atoms with Gasteiger partial charge in [-0.3, -0.25) is 4.98 Å². The van der Waals surface area contributed by atoms with Crippen LogP contribution in [0, 0.1) is 18.3 Å². The third-order valence-electron chi connectivity index (χ3n) is 1.82. The third-order valence-corrected chi connectivity index (χ3v) is 1.82. The first kappa shape index (κ1) is 8.73. The molecular formula is C10H12N2. The van der Waals surface area contributed by atoms with Gasteiger partial charge >= 0.3 is 0 Å². The first-order chi connectivity index (χ1) is 5.65. The van der Waals surface area contributed by atoms with E-state index in [0.717, 1.165) is 11.3 Å². The first-order valence-electron chi connectivity index (χ1n) is 4.01. The lowest BCUT2D eigenvalue weighted by atomic mass is 9.99. The van der Waals surface area contributed by atoms with Gasteiger partial charge in [-0.15, -0.1) is 0 Å². The van der Waals surface area contributed by atoms with Gasteiger partial charge in [0.25, 0.3) is 0 Å². The summed E-state index contributed by atoms with van der Waals surface area (Å²) in [5.74, 6) is 0.390. The van der Waals surface area contributed by atoms with Crippen molar-refractivity contribution in [2.24, 2.45) is 0 Å². The van der Waals surface area contributed by atoms with Gasteiger partial charge in [-0.05, 0) is 24.5 Å². The zero-order valence-electron chi connectivity index (χ0n) is 7.63. The van der Waals surface area contributed by atoms with Gasteiger partial charge in [-0.25, -0.2) is 0 Å². The van der Waals surface area contributed by atoms with Gasteiger partial charge in [0, 0.05) is 11.9 Å². The monoisotopic (exact) mass is 160 g/mol. The molecule has 62 valence electrons. The minimum atomic E-state index is 0.390. The van der Waals surface area contributed by atoms with Crippen molar-refractivity contribution in [3.05, 3.63) is 29.1 Å². The van der Waals surface area contributed by atoms with Gasteiger partial charge in [-0.1, -0.05) is 13.8 Å². The normalized spacial score (nSPS) is 9.92. The molecule has 0 aromatic carbocycles. The predicted molar refractivity (Wildman–Crippen MR) is 47.8 cm³/mol. The van der Waals surface area contributed by atoms with Gasteiger partial charge in [0.05, 0.1) is 5.56 Å². The molecule has 0 saturated heterocycles. The Balaban J connectivity index is 3.24. The Hall–Kier alpha value is -1.36. The average molecular weight is 160 g/mol. The third kappa shape index (κ3) is 1.62. The summed E-state index contributed by atoms with van der Waals surface area (Å²) < 4.78 is 0. The number of nitriles is 1. The maximum absolute atomic E-state index is 8.77. The predicted octanol–water partition coefficient (Wildman–Crippen LogP) is 2.39. The maximum Gasteiger partial charge on any atom is 0.101 e. The molecule has 0 aliphatic carbocycles. The Morgan fingerprint density at radius 1 is 1.50 bits per heavy atom. The first-order valence-corrected chi connectivity index (χ1v) is 4.01. The van der Waals surface area contributed by atoms with E-state index < -0.39 is 0 Å². The van der Waals surface area contributed by atoms with E-state index in [0.29, 0.717) is 11.5 Å². The van der Waals surface area contributed by atoms with E-state index >= 15 is 0 Å². The zero-order chi connectivity index (χ0) is 9.14. The average Bonchev–Trinajstić information content (AvgIpc) is 2.04. The van der Waals surface area contributed by atoms with Crippen LogP contribution in [0.5, 0.6) is 0 Å². The fourth-order valence-corrected chi connectivity index (χ4v) is 1.15. The molecule has 2 heteroatoms. The van der Waals surface area contributed by atoms with Crippen molar-refractivity contribution in [1.82, 2.24) is 4.98 Å². The van der Waals surface area contributed by atoms with Crippen molar-refractivity contribution >= 4 is 0 Å². The molecule has 0 N–H and O–H groups in total. The number of nitrogens with zero attached hydrogens (tertiary/aromatic N) is 2. The molecule has 1 aromatic heterocycles. The van der Waals surface area contributed by atoms with Crippen molar-refractivity contribution < 1.29 is 0 Å². The fraction of sp³-hybridized carbons (Fsp3) is 0.400. The second-order valence-electron chi connectivity index (χ2n) is 3.18. The van der Waals surface area contributed by atoms with Crippen LogP contribution >= 0.6 is 0 Å². The molecule has 0 atom stereocenters. The summed E-state index contributed by atoms with van der Waals surface area (Å²) in [6.45, 7) is 6.10. The topological polar surface area (TPSA) is 36.7 Å². The molecule has 1 aromatic rings. The molecule has 0 bridgehead atoms. The number of hydrogen-bond acceptors (Lipinski definition) is 2. The second kappa shape index (κ2) is 3.36. The molecule has 1 heterocycles. The molecule has 0 spiro atoms. The number of aryl methyl sites for hydroxylation is 1. The highest BCUT2D eigenvalue weighted by Gasteiger charge is 2.06. The second-order valence-corrected chi connectivity index (χ2v) is 3.18. The summed E-state index contributed by atoms with van der Waals surface area (Å²) >= 11 is 0. The van der Waals surface area contributed by atoms with Gasteiger partial charge in [0.15, 0.2) is 0 Å². The summed E-state index contributed by atoms with van der Waals surface area (Å²) in [7, 11) is 0. The van der Waals surface area contributed by atoms with Crippen LogP contribution in [-0.4, -0.2) is 4.98 Å². The van der Waals surface area contributed by atoms with Gasteiger partial charge in [0.1, 0.15) is 6.07 Å². The Morgan fingerprint density at radius 2 is 2.17 bits per heavy atom. The van der Waals surface area contributed by atoms with Crippen LogP contribution in [-0.2, 0) is 0 Å². The van der Waals surface area contributed by atoms with Crippen LogP contribution in [0.25, 0.3) is 0 Å². The largest absolute Gasteiger partial charge is 0.260 e. The summed E-state index contributed by atoms with van der Waals surface area (Å²) in [6.07, 6.45) is 1.64. The summed E-state index contributed by atoms with van der Waals surface area (Å²) in [5.41, 5.74) is 2.75.